The monoisotopic (exact) mass is 404 g/mol. The number of rotatable bonds is 6. The van der Waals surface area contributed by atoms with Gasteiger partial charge >= 0.3 is 0 Å². The molecule has 0 amide bonds. The molecule has 0 spiro atoms. The summed E-state index contributed by atoms with van der Waals surface area (Å²) in [4.78, 5) is 12.3. The van der Waals surface area contributed by atoms with Crippen LogP contribution in [0.25, 0.3) is 16.9 Å². The van der Waals surface area contributed by atoms with E-state index in [1.54, 1.807) is 32.9 Å². The van der Waals surface area contributed by atoms with Crippen molar-refractivity contribution >= 4 is 10.0 Å². The highest BCUT2D eigenvalue weighted by Crippen LogP contribution is 2.29. The molecule has 3 rings (SSSR count). The summed E-state index contributed by atoms with van der Waals surface area (Å²) in [5.41, 5.74) is 1.55. The van der Waals surface area contributed by atoms with Crippen LogP contribution >= 0.6 is 0 Å². The average molecular weight is 404 g/mol. The molecule has 0 radical (unpaired) electrons. The van der Waals surface area contributed by atoms with Crippen LogP contribution in [0, 0.1) is 13.8 Å². The first-order chi connectivity index (χ1) is 13.3. The van der Waals surface area contributed by atoms with Crippen molar-refractivity contribution < 1.29 is 17.7 Å². The molecule has 2 aromatic heterocycles. The minimum Gasteiger partial charge on any atom is -0.495 e. The van der Waals surface area contributed by atoms with Crippen molar-refractivity contribution in [2.24, 2.45) is 0 Å². The fraction of sp³-hybridized carbons (Fsp3) is 0.278. The highest BCUT2D eigenvalue weighted by Gasteiger charge is 2.21. The molecule has 0 aliphatic heterocycles. The molecule has 10 heteroatoms. The van der Waals surface area contributed by atoms with Crippen LogP contribution in [-0.4, -0.2) is 37.0 Å². The molecule has 2 heterocycles. The van der Waals surface area contributed by atoms with Crippen molar-refractivity contribution in [2.75, 3.05) is 13.7 Å². The molecule has 148 valence electrons. The lowest BCUT2D eigenvalue weighted by Crippen LogP contribution is -2.24. The number of aromatic nitrogens is 3. The lowest BCUT2D eigenvalue weighted by molar-refractivity contribution is 0.392. The van der Waals surface area contributed by atoms with E-state index in [-0.39, 0.29) is 22.7 Å². The Labute approximate surface area is 162 Å². The number of methoxy groups -OCH3 is 1. The summed E-state index contributed by atoms with van der Waals surface area (Å²) in [7, 11) is -2.36. The van der Waals surface area contributed by atoms with E-state index in [0.717, 1.165) is 0 Å². The van der Waals surface area contributed by atoms with Gasteiger partial charge in [-0.2, -0.15) is 9.78 Å². The van der Waals surface area contributed by atoms with Gasteiger partial charge in [-0.25, -0.2) is 13.1 Å². The zero-order chi connectivity index (χ0) is 20.5. The SMILES string of the molecule is CCNS(=O)(=O)c1cc(-c2ccc(=O)n(-c3c(C)noc3C)n2)ccc1OC. The first-order valence-corrected chi connectivity index (χ1v) is 9.98. The van der Waals surface area contributed by atoms with Crippen molar-refractivity contribution in [3.05, 3.63) is 52.1 Å². The third-order valence-corrected chi connectivity index (χ3v) is 5.66. The van der Waals surface area contributed by atoms with Gasteiger partial charge in [0.15, 0.2) is 5.76 Å². The van der Waals surface area contributed by atoms with Gasteiger partial charge in [-0.1, -0.05) is 12.1 Å². The summed E-state index contributed by atoms with van der Waals surface area (Å²) < 4.78 is 39.0. The maximum Gasteiger partial charge on any atom is 0.271 e. The third kappa shape index (κ3) is 3.56. The van der Waals surface area contributed by atoms with Crippen LogP contribution in [0.15, 0.2) is 44.5 Å². The number of nitrogens with zero attached hydrogens (tertiary/aromatic N) is 3. The number of aryl methyl sites for hydroxylation is 2. The molecule has 1 N–H and O–H groups in total. The topological polar surface area (TPSA) is 116 Å². The van der Waals surface area contributed by atoms with E-state index >= 15 is 0 Å². The Hall–Kier alpha value is -2.98. The molecule has 9 nitrogen and oxygen atoms in total. The van der Waals surface area contributed by atoms with E-state index in [1.165, 1.54) is 30.0 Å². The summed E-state index contributed by atoms with van der Waals surface area (Å²) in [6.45, 7) is 5.32. The fourth-order valence-corrected chi connectivity index (χ4v) is 4.05. The standard InChI is InChI=1S/C18H20N4O5S/c1-5-19-28(24,25)16-10-13(6-8-15(16)26-4)14-7-9-17(23)22(20-14)18-11(2)21-27-12(18)3/h6-10,19H,5H2,1-4H3. The Morgan fingerprint density at radius 1 is 1.21 bits per heavy atom. The Morgan fingerprint density at radius 3 is 2.57 bits per heavy atom. The molecular weight excluding hydrogens is 384 g/mol. The normalized spacial score (nSPS) is 11.6. The second kappa shape index (κ2) is 7.56. The minimum atomic E-state index is -3.75. The van der Waals surface area contributed by atoms with E-state index in [0.29, 0.717) is 28.4 Å². The number of ether oxygens (including phenoxy) is 1. The van der Waals surface area contributed by atoms with E-state index in [2.05, 4.69) is 15.0 Å². The van der Waals surface area contributed by atoms with Crippen LogP contribution in [0.4, 0.5) is 0 Å². The molecule has 28 heavy (non-hydrogen) atoms. The zero-order valence-electron chi connectivity index (χ0n) is 15.9. The van der Waals surface area contributed by atoms with Crippen molar-refractivity contribution in [1.29, 1.82) is 0 Å². The van der Waals surface area contributed by atoms with Gasteiger partial charge in [0.05, 0.1) is 12.8 Å². The van der Waals surface area contributed by atoms with Gasteiger partial charge in [-0.3, -0.25) is 4.79 Å². The summed E-state index contributed by atoms with van der Waals surface area (Å²) >= 11 is 0. The average Bonchev–Trinajstić information content (AvgIpc) is 3.00. The van der Waals surface area contributed by atoms with E-state index in [9.17, 15) is 13.2 Å². The van der Waals surface area contributed by atoms with Crippen molar-refractivity contribution in [3.63, 3.8) is 0 Å². The molecule has 0 bridgehead atoms. The maximum absolute atomic E-state index is 12.5. The van der Waals surface area contributed by atoms with Gasteiger partial charge in [0.25, 0.3) is 5.56 Å². The third-order valence-electron chi connectivity index (χ3n) is 4.09. The van der Waals surface area contributed by atoms with Gasteiger partial charge in [0, 0.05) is 18.2 Å². The summed E-state index contributed by atoms with van der Waals surface area (Å²) in [6.07, 6.45) is 0. The Morgan fingerprint density at radius 2 is 1.96 bits per heavy atom. The largest absolute Gasteiger partial charge is 0.495 e. The van der Waals surface area contributed by atoms with Crippen LogP contribution in [0.1, 0.15) is 18.4 Å². The Kier molecular flexibility index (Phi) is 5.34. The summed E-state index contributed by atoms with van der Waals surface area (Å²) in [5.74, 6) is 0.665. The van der Waals surface area contributed by atoms with Crippen LogP contribution in [-0.2, 0) is 10.0 Å². The van der Waals surface area contributed by atoms with Gasteiger partial charge in [0.2, 0.25) is 10.0 Å². The molecule has 0 atom stereocenters. The lowest BCUT2D eigenvalue weighted by atomic mass is 10.1. The molecule has 0 fully saturated rings. The second-order valence-corrected chi connectivity index (χ2v) is 7.74. The van der Waals surface area contributed by atoms with Gasteiger partial charge < -0.3 is 9.26 Å². The van der Waals surface area contributed by atoms with Crippen molar-refractivity contribution in [1.82, 2.24) is 19.7 Å². The highest BCUT2D eigenvalue weighted by molar-refractivity contribution is 7.89. The van der Waals surface area contributed by atoms with Gasteiger partial charge in [-0.05, 0) is 38.1 Å². The van der Waals surface area contributed by atoms with Crippen LogP contribution in [0.2, 0.25) is 0 Å². The molecule has 0 aliphatic carbocycles. The quantitative estimate of drug-likeness (QED) is 0.666. The Bertz CT molecular complexity index is 1160. The molecule has 3 aromatic rings. The number of benzene rings is 1. The predicted octanol–water partition coefficient (Wildman–Crippen LogP) is 1.81. The summed E-state index contributed by atoms with van der Waals surface area (Å²) in [6, 6.07) is 7.57. The van der Waals surface area contributed by atoms with Crippen LogP contribution < -0.4 is 15.0 Å². The van der Waals surface area contributed by atoms with Gasteiger partial charge in [0.1, 0.15) is 22.0 Å². The van der Waals surface area contributed by atoms with E-state index < -0.39 is 10.0 Å². The molecular formula is C18H20N4O5S. The lowest BCUT2D eigenvalue weighted by Gasteiger charge is -2.12. The van der Waals surface area contributed by atoms with Crippen LogP contribution in [0.5, 0.6) is 5.75 Å². The highest BCUT2D eigenvalue weighted by atomic mass is 32.2. The van der Waals surface area contributed by atoms with Crippen LogP contribution in [0.3, 0.4) is 0 Å². The molecule has 0 saturated carbocycles. The van der Waals surface area contributed by atoms with E-state index in [4.69, 9.17) is 9.26 Å². The smallest absolute Gasteiger partial charge is 0.271 e. The maximum atomic E-state index is 12.5. The molecule has 1 aromatic carbocycles. The van der Waals surface area contributed by atoms with E-state index in [1.807, 2.05) is 0 Å². The first-order valence-electron chi connectivity index (χ1n) is 8.50. The van der Waals surface area contributed by atoms with Gasteiger partial charge in [-0.15, -0.1) is 0 Å². The second-order valence-electron chi connectivity index (χ2n) is 6.01. The van der Waals surface area contributed by atoms with Crippen molar-refractivity contribution in [2.45, 2.75) is 25.7 Å². The van der Waals surface area contributed by atoms with Crippen molar-refractivity contribution in [3.8, 4) is 22.7 Å². The summed E-state index contributed by atoms with van der Waals surface area (Å²) in [5, 5.41) is 8.23. The first kappa shape index (κ1) is 19.8. The zero-order valence-corrected chi connectivity index (χ0v) is 16.7. The predicted molar refractivity (Wildman–Crippen MR) is 102 cm³/mol. The minimum absolute atomic E-state index is 0.00811. The number of sulfonamides is 1. The molecule has 0 aliphatic rings. The number of hydrogen-bond acceptors (Lipinski definition) is 7. The fourth-order valence-electron chi connectivity index (χ4n) is 2.82. The number of nitrogens with one attached hydrogen (secondary N) is 1. The Balaban J connectivity index is 2.18. The number of hydrogen-bond donors (Lipinski definition) is 1. The molecule has 0 unspecified atom stereocenters. The molecule has 0 saturated heterocycles.